The highest BCUT2D eigenvalue weighted by Crippen LogP contribution is 2.31. The van der Waals surface area contributed by atoms with Crippen LogP contribution in [0.2, 0.25) is 0 Å². The minimum absolute atomic E-state index is 0.0179. The summed E-state index contributed by atoms with van der Waals surface area (Å²) in [4.78, 5) is 14.4. The Balaban J connectivity index is 1.73. The third kappa shape index (κ3) is 2.64. The van der Waals surface area contributed by atoms with Crippen molar-refractivity contribution in [3.8, 4) is 0 Å². The summed E-state index contributed by atoms with van der Waals surface area (Å²) >= 11 is 0. The number of urea groups is 1. The molecule has 0 spiro atoms. The van der Waals surface area contributed by atoms with E-state index in [-0.39, 0.29) is 12.1 Å². The van der Waals surface area contributed by atoms with E-state index in [4.69, 9.17) is 0 Å². The molecule has 21 heavy (non-hydrogen) atoms. The summed E-state index contributed by atoms with van der Waals surface area (Å²) in [5.74, 6) is 0. The van der Waals surface area contributed by atoms with Crippen LogP contribution in [-0.2, 0) is 13.0 Å². The number of amides is 2. The first kappa shape index (κ1) is 13.7. The number of anilines is 1. The van der Waals surface area contributed by atoms with E-state index < -0.39 is 0 Å². The fourth-order valence-electron chi connectivity index (χ4n) is 2.94. The predicted octanol–water partition coefficient (Wildman–Crippen LogP) is 3.66. The first-order valence-corrected chi connectivity index (χ1v) is 7.36. The van der Waals surface area contributed by atoms with Crippen LogP contribution in [0.5, 0.6) is 0 Å². The SMILES string of the molecule is Cc1ccccc1CNC(=O)N1c2ccccc2CC1C. The summed E-state index contributed by atoms with van der Waals surface area (Å²) in [6, 6.07) is 16.5. The molecule has 1 aliphatic heterocycles. The molecule has 3 nitrogen and oxygen atoms in total. The fraction of sp³-hybridized carbons (Fsp3) is 0.278. The molecule has 1 atom stereocenters. The van der Waals surface area contributed by atoms with Gasteiger partial charge in [-0.25, -0.2) is 4.79 Å². The van der Waals surface area contributed by atoms with Crippen molar-refractivity contribution in [3.63, 3.8) is 0 Å². The molecule has 1 unspecified atom stereocenters. The van der Waals surface area contributed by atoms with Crippen molar-refractivity contribution in [1.29, 1.82) is 0 Å². The van der Waals surface area contributed by atoms with E-state index in [1.807, 2.05) is 35.2 Å². The number of rotatable bonds is 2. The molecule has 0 aliphatic carbocycles. The molecule has 1 heterocycles. The third-order valence-corrected chi connectivity index (χ3v) is 4.12. The van der Waals surface area contributed by atoms with E-state index in [1.54, 1.807) is 0 Å². The topological polar surface area (TPSA) is 32.3 Å². The summed E-state index contributed by atoms with van der Waals surface area (Å²) in [5.41, 5.74) is 4.64. The predicted molar refractivity (Wildman–Crippen MR) is 85.5 cm³/mol. The zero-order chi connectivity index (χ0) is 14.8. The zero-order valence-electron chi connectivity index (χ0n) is 12.5. The lowest BCUT2D eigenvalue weighted by atomic mass is 10.1. The summed E-state index contributed by atoms with van der Waals surface area (Å²) in [7, 11) is 0. The van der Waals surface area contributed by atoms with Crippen molar-refractivity contribution < 1.29 is 4.79 Å². The molecule has 0 radical (unpaired) electrons. The molecule has 3 rings (SSSR count). The molecule has 0 saturated heterocycles. The smallest absolute Gasteiger partial charge is 0.322 e. The van der Waals surface area contributed by atoms with Crippen molar-refractivity contribution in [1.82, 2.24) is 5.32 Å². The van der Waals surface area contributed by atoms with Gasteiger partial charge in [-0.2, -0.15) is 0 Å². The maximum Gasteiger partial charge on any atom is 0.322 e. The molecule has 2 aromatic carbocycles. The largest absolute Gasteiger partial charge is 0.334 e. The number of carbonyl (C=O) groups is 1. The maximum absolute atomic E-state index is 12.5. The number of benzene rings is 2. The van der Waals surface area contributed by atoms with E-state index in [0.29, 0.717) is 6.54 Å². The van der Waals surface area contributed by atoms with E-state index in [0.717, 1.165) is 17.7 Å². The number of aryl methyl sites for hydroxylation is 1. The van der Waals surface area contributed by atoms with Gasteiger partial charge in [-0.3, -0.25) is 4.90 Å². The average molecular weight is 280 g/mol. The first-order valence-electron chi connectivity index (χ1n) is 7.36. The molecular weight excluding hydrogens is 260 g/mol. The quantitative estimate of drug-likeness (QED) is 0.894. The monoisotopic (exact) mass is 280 g/mol. The van der Waals surface area contributed by atoms with E-state index in [2.05, 4.69) is 37.4 Å². The molecule has 1 aliphatic rings. The average Bonchev–Trinajstić information content (AvgIpc) is 2.82. The van der Waals surface area contributed by atoms with Crippen LogP contribution in [0.4, 0.5) is 10.5 Å². The van der Waals surface area contributed by atoms with Gasteiger partial charge in [-0.05, 0) is 43.0 Å². The van der Waals surface area contributed by atoms with Gasteiger partial charge in [0.15, 0.2) is 0 Å². The third-order valence-electron chi connectivity index (χ3n) is 4.12. The Kier molecular flexibility index (Phi) is 3.65. The van der Waals surface area contributed by atoms with Crippen LogP contribution in [0.3, 0.4) is 0 Å². The number of nitrogens with zero attached hydrogens (tertiary/aromatic N) is 1. The highest BCUT2D eigenvalue weighted by molar-refractivity contribution is 5.94. The minimum Gasteiger partial charge on any atom is -0.334 e. The van der Waals surface area contributed by atoms with Crippen molar-refractivity contribution in [2.75, 3.05) is 4.90 Å². The second kappa shape index (κ2) is 5.60. The van der Waals surface area contributed by atoms with Gasteiger partial charge in [0.2, 0.25) is 0 Å². The second-order valence-electron chi connectivity index (χ2n) is 5.64. The number of fused-ring (bicyclic) bond motifs is 1. The first-order chi connectivity index (χ1) is 10.2. The number of nitrogens with one attached hydrogen (secondary N) is 1. The van der Waals surface area contributed by atoms with Gasteiger partial charge in [0, 0.05) is 18.3 Å². The molecule has 0 saturated carbocycles. The normalized spacial score (nSPS) is 16.7. The van der Waals surface area contributed by atoms with Gasteiger partial charge < -0.3 is 5.32 Å². The van der Waals surface area contributed by atoms with Gasteiger partial charge in [-0.15, -0.1) is 0 Å². The second-order valence-corrected chi connectivity index (χ2v) is 5.64. The van der Waals surface area contributed by atoms with Crippen molar-refractivity contribution in [2.24, 2.45) is 0 Å². The molecule has 0 fully saturated rings. The summed E-state index contributed by atoms with van der Waals surface area (Å²) in [5, 5.41) is 3.04. The lowest BCUT2D eigenvalue weighted by molar-refractivity contribution is 0.244. The Bertz CT molecular complexity index is 666. The van der Waals surface area contributed by atoms with Crippen molar-refractivity contribution in [3.05, 3.63) is 65.2 Å². The number of hydrogen-bond donors (Lipinski definition) is 1. The van der Waals surface area contributed by atoms with Crippen LogP contribution in [-0.4, -0.2) is 12.1 Å². The lowest BCUT2D eigenvalue weighted by Gasteiger charge is -2.23. The van der Waals surface area contributed by atoms with Crippen LogP contribution in [0.15, 0.2) is 48.5 Å². The lowest BCUT2D eigenvalue weighted by Crippen LogP contribution is -2.43. The van der Waals surface area contributed by atoms with Gasteiger partial charge in [0.05, 0.1) is 0 Å². The Morgan fingerprint density at radius 3 is 2.71 bits per heavy atom. The van der Waals surface area contributed by atoms with Crippen LogP contribution < -0.4 is 10.2 Å². The summed E-state index contributed by atoms with van der Waals surface area (Å²) in [6.07, 6.45) is 0.925. The Hall–Kier alpha value is -2.29. The standard InChI is InChI=1S/C18H20N2O/c1-13-7-3-4-9-16(13)12-19-18(21)20-14(2)11-15-8-5-6-10-17(15)20/h3-10,14H,11-12H2,1-2H3,(H,19,21). The fourth-order valence-corrected chi connectivity index (χ4v) is 2.94. The van der Waals surface area contributed by atoms with E-state index in [9.17, 15) is 4.79 Å². The van der Waals surface area contributed by atoms with Crippen LogP contribution >= 0.6 is 0 Å². The maximum atomic E-state index is 12.5. The van der Waals surface area contributed by atoms with Gasteiger partial charge in [0.1, 0.15) is 0 Å². The Morgan fingerprint density at radius 2 is 1.90 bits per heavy atom. The highest BCUT2D eigenvalue weighted by atomic mass is 16.2. The molecule has 0 bridgehead atoms. The van der Waals surface area contributed by atoms with Gasteiger partial charge in [0.25, 0.3) is 0 Å². The van der Waals surface area contributed by atoms with Crippen LogP contribution in [0.1, 0.15) is 23.6 Å². The number of para-hydroxylation sites is 1. The van der Waals surface area contributed by atoms with E-state index in [1.165, 1.54) is 11.1 Å². The highest BCUT2D eigenvalue weighted by Gasteiger charge is 2.30. The van der Waals surface area contributed by atoms with Crippen LogP contribution in [0.25, 0.3) is 0 Å². The minimum atomic E-state index is -0.0179. The molecule has 108 valence electrons. The molecule has 0 aromatic heterocycles. The van der Waals surface area contributed by atoms with Gasteiger partial charge >= 0.3 is 6.03 Å². The van der Waals surface area contributed by atoms with Crippen molar-refractivity contribution in [2.45, 2.75) is 32.9 Å². The van der Waals surface area contributed by atoms with E-state index >= 15 is 0 Å². The molecule has 2 amide bonds. The van der Waals surface area contributed by atoms with Gasteiger partial charge in [-0.1, -0.05) is 42.5 Å². The molecule has 3 heteroatoms. The van der Waals surface area contributed by atoms with Crippen molar-refractivity contribution >= 4 is 11.7 Å². The zero-order valence-corrected chi connectivity index (χ0v) is 12.5. The molecular formula is C18H20N2O. The Morgan fingerprint density at radius 1 is 1.19 bits per heavy atom. The summed E-state index contributed by atoms with van der Waals surface area (Å²) < 4.78 is 0. The Labute approximate surface area is 125 Å². The number of carbonyl (C=O) groups excluding carboxylic acids is 1. The summed E-state index contributed by atoms with van der Waals surface area (Å²) in [6.45, 7) is 4.72. The molecule has 2 aromatic rings. The molecule has 1 N–H and O–H groups in total. The number of hydrogen-bond acceptors (Lipinski definition) is 1. The van der Waals surface area contributed by atoms with Crippen LogP contribution in [0, 0.1) is 6.92 Å².